The molecule has 0 aliphatic heterocycles. The van der Waals surface area contributed by atoms with Crippen molar-refractivity contribution < 1.29 is 60.2 Å². The van der Waals surface area contributed by atoms with Gasteiger partial charge in [-0.3, -0.25) is 0 Å². The zero-order valence-electron chi connectivity index (χ0n) is 17.0. The summed E-state index contributed by atoms with van der Waals surface area (Å²) in [6.07, 6.45) is 1.17. The second-order valence-electron chi connectivity index (χ2n) is 6.90. The molecule has 3 rings (SSSR count). The number of hydrogen-bond acceptors (Lipinski definition) is 0. The Morgan fingerprint density at radius 2 is 1.42 bits per heavy atom. The molecule has 0 saturated carbocycles. The van der Waals surface area contributed by atoms with Gasteiger partial charge in [-0.15, -0.1) is 40.6 Å². The summed E-state index contributed by atoms with van der Waals surface area (Å²) in [5, 5.41) is 2.72. The minimum atomic E-state index is 0. The van der Waals surface area contributed by atoms with E-state index in [0.717, 1.165) is 0 Å². The molecule has 0 aromatic heterocycles. The second-order valence-corrected chi connectivity index (χ2v) is 6.90. The van der Waals surface area contributed by atoms with Crippen molar-refractivity contribution in [3.63, 3.8) is 0 Å². The summed E-state index contributed by atoms with van der Waals surface area (Å²) in [7, 11) is 0. The molecule has 3 aromatic carbocycles. The van der Waals surface area contributed by atoms with Crippen molar-refractivity contribution in [2.24, 2.45) is 0 Å². The third-order valence-electron chi connectivity index (χ3n) is 5.25. The van der Waals surface area contributed by atoms with Gasteiger partial charge in [-0.2, -0.15) is 33.9 Å². The van der Waals surface area contributed by atoms with Crippen LogP contribution in [-0.4, -0.2) is 0 Å². The maximum Gasteiger partial charge on any atom is 4.00 e. The monoisotopic (exact) mass is 554 g/mol. The molecule has 3 heteroatoms. The maximum absolute atomic E-state index is 2.28. The topological polar surface area (TPSA) is 0 Å². The molecule has 0 aliphatic carbocycles. The van der Waals surface area contributed by atoms with Gasteiger partial charge in [0.05, 0.1) is 0 Å². The van der Waals surface area contributed by atoms with Crippen LogP contribution in [0.3, 0.4) is 0 Å². The molecule has 26 heavy (non-hydrogen) atoms. The summed E-state index contributed by atoms with van der Waals surface area (Å²) < 4.78 is 0. The summed E-state index contributed by atoms with van der Waals surface area (Å²) in [4.78, 5) is 0. The fourth-order valence-electron chi connectivity index (χ4n) is 3.33. The van der Waals surface area contributed by atoms with Gasteiger partial charge in [0.25, 0.3) is 0 Å². The third-order valence-corrected chi connectivity index (χ3v) is 5.25. The van der Waals surface area contributed by atoms with Gasteiger partial charge in [0.2, 0.25) is 0 Å². The Kier molecular flexibility index (Phi) is 13.5. The molecule has 0 bridgehead atoms. The van der Waals surface area contributed by atoms with E-state index in [2.05, 4.69) is 84.9 Å². The Morgan fingerprint density at radius 3 is 1.81 bits per heavy atom. The first-order valence-corrected chi connectivity index (χ1v) is 8.74. The molecule has 0 saturated heterocycles. The van der Waals surface area contributed by atoms with E-state index < -0.39 is 0 Å². The van der Waals surface area contributed by atoms with Crippen molar-refractivity contribution in [2.75, 3.05) is 0 Å². The number of benzene rings is 1. The van der Waals surface area contributed by atoms with Crippen LogP contribution in [0.25, 0.3) is 10.8 Å². The van der Waals surface area contributed by atoms with Crippen LogP contribution in [0.15, 0.2) is 36.4 Å². The van der Waals surface area contributed by atoms with E-state index in [9.17, 15) is 0 Å². The Hall–Kier alpha value is 0.0231. The third kappa shape index (κ3) is 6.28. The van der Waals surface area contributed by atoms with Crippen molar-refractivity contribution in [1.29, 1.82) is 0 Å². The van der Waals surface area contributed by atoms with Gasteiger partial charge in [-0.1, -0.05) is 61.0 Å². The Bertz CT molecular complexity index is 735. The van der Waals surface area contributed by atoms with Gasteiger partial charge in [0.15, 0.2) is 0 Å². The molecule has 0 fully saturated rings. The van der Waals surface area contributed by atoms with Crippen molar-refractivity contribution in [1.82, 2.24) is 0 Å². The fraction of sp³-hybridized carbons (Fsp3) is 0.391. The summed E-state index contributed by atoms with van der Waals surface area (Å²) in [6, 6.07) is 13.1. The van der Waals surface area contributed by atoms with Gasteiger partial charge >= 0.3 is 26.2 Å². The molecule has 0 unspecified atom stereocenters. The van der Waals surface area contributed by atoms with Gasteiger partial charge < -0.3 is 34.0 Å². The first-order valence-electron chi connectivity index (χ1n) is 8.74. The SMILES string of the molecule is CC(C)c1cc2ccccc2[cH-]1.CC[c-]1c(C)c(C)c(C)c1C.[Br-].[Br-].[Zr+4]. The van der Waals surface area contributed by atoms with Crippen LogP contribution in [-0.2, 0) is 32.6 Å². The molecule has 0 radical (unpaired) electrons. The fourth-order valence-corrected chi connectivity index (χ4v) is 3.33. The Labute approximate surface area is 200 Å². The first-order chi connectivity index (χ1) is 10.9. The van der Waals surface area contributed by atoms with Gasteiger partial charge in [-0.05, 0) is 5.92 Å². The van der Waals surface area contributed by atoms with E-state index in [-0.39, 0.29) is 60.2 Å². The number of fused-ring (bicyclic) bond motifs is 1. The van der Waals surface area contributed by atoms with Gasteiger partial charge in [0.1, 0.15) is 0 Å². The van der Waals surface area contributed by atoms with E-state index in [1.807, 2.05) is 0 Å². The second kappa shape index (κ2) is 12.5. The average molecular weight is 558 g/mol. The Morgan fingerprint density at radius 1 is 0.923 bits per heavy atom. The molecular weight excluding hydrogens is 527 g/mol. The largest absolute Gasteiger partial charge is 4.00 e. The van der Waals surface area contributed by atoms with Crippen molar-refractivity contribution in [2.45, 2.75) is 60.8 Å². The van der Waals surface area contributed by atoms with E-state index in [4.69, 9.17) is 0 Å². The van der Waals surface area contributed by atoms with E-state index in [1.54, 1.807) is 5.56 Å². The van der Waals surface area contributed by atoms with Gasteiger partial charge in [0, 0.05) is 0 Å². The van der Waals surface area contributed by atoms with Crippen molar-refractivity contribution in [3.8, 4) is 0 Å². The quantitative estimate of drug-likeness (QED) is 0.411. The molecule has 0 nitrogen and oxygen atoms in total. The number of hydrogen-bond donors (Lipinski definition) is 0. The first kappa shape index (κ1) is 28.2. The summed E-state index contributed by atoms with van der Waals surface area (Å²) in [5.74, 6) is 0.636. The van der Waals surface area contributed by atoms with Crippen LogP contribution in [0.5, 0.6) is 0 Å². The molecule has 140 valence electrons. The molecule has 3 aromatic rings. The zero-order valence-corrected chi connectivity index (χ0v) is 22.6. The molecule has 0 amide bonds. The summed E-state index contributed by atoms with van der Waals surface area (Å²) in [5.41, 5.74) is 8.97. The zero-order chi connectivity index (χ0) is 17.1. The normalized spacial score (nSPS) is 9.69. The van der Waals surface area contributed by atoms with E-state index in [0.29, 0.717) is 5.92 Å². The molecule has 0 atom stereocenters. The minimum absolute atomic E-state index is 0. The minimum Gasteiger partial charge on any atom is -1.00 e. The number of rotatable bonds is 2. The molecule has 0 aliphatic rings. The maximum atomic E-state index is 2.28. The van der Waals surface area contributed by atoms with Crippen LogP contribution in [0.2, 0.25) is 0 Å². The summed E-state index contributed by atoms with van der Waals surface area (Å²) in [6.45, 7) is 15.6. The van der Waals surface area contributed by atoms with Crippen LogP contribution in [0.1, 0.15) is 60.1 Å². The predicted molar refractivity (Wildman–Crippen MR) is 104 cm³/mol. The van der Waals surface area contributed by atoms with Crippen LogP contribution in [0, 0.1) is 27.7 Å². The molecule has 0 spiro atoms. The molecule has 0 N–H and O–H groups in total. The van der Waals surface area contributed by atoms with Crippen LogP contribution in [0.4, 0.5) is 0 Å². The average Bonchev–Trinajstić information content (AvgIpc) is 3.05. The van der Waals surface area contributed by atoms with Crippen LogP contribution < -0.4 is 34.0 Å². The molecular formula is C23H30Br2Zr. The van der Waals surface area contributed by atoms with E-state index in [1.165, 1.54) is 45.0 Å². The van der Waals surface area contributed by atoms with Gasteiger partial charge in [-0.25, -0.2) is 0 Å². The van der Waals surface area contributed by atoms with E-state index >= 15 is 0 Å². The smallest absolute Gasteiger partial charge is 1.00 e. The number of halogens is 2. The van der Waals surface area contributed by atoms with Crippen LogP contribution >= 0.6 is 0 Å². The molecule has 0 heterocycles. The van der Waals surface area contributed by atoms with Crippen molar-refractivity contribution >= 4 is 10.8 Å². The standard InChI is InChI=1S/C12H13.C11H17.2BrH.Zr/c1-9(2)12-7-10-5-3-4-6-11(10)8-12;1-6-11-9(4)7(2)8(3)10(11)5;;;/h3-9H,1-2H3;6H2,1-5H3;2*1H;/q2*-1;;;+4/p-2. The van der Waals surface area contributed by atoms with Crippen molar-refractivity contribution in [3.05, 3.63) is 69.8 Å². The summed E-state index contributed by atoms with van der Waals surface area (Å²) >= 11 is 0. The predicted octanol–water partition coefficient (Wildman–Crippen LogP) is 0.889. The Balaban J connectivity index is 0.